The Morgan fingerprint density at radius 2 is 1.83 bits per heavy atom. The maximum absolute atomic E-state index is 14.0. The van der Waals surface area contributed by atoms with Crippen LogP contribution < -0.4 is 4.74 Å². The summed E-state index contributed by atoms with van der Waals surface area (Å²) in [5.41, 5.74) is -0.561. The van der Waals surface area contributed by atoms with E-state index in [9.17, 15) is 13.2 Å². The Kier molecular flexibility index (Phi) is 4.46. The molecule has 2 saturated carbocycles. The standard InChI is InChI=1S/C21H19ClF3N3O/c22-16-10-14(5-6-17(16)29-11-13-3-4-13)15-7-8-28-18(9-12-1-2-12)26-27-20(28)19(15)21(23,24)25/h5-8,10,12-13H,1-4,9,11H2. The van der Waals surface area contributed by atoms with Crippen LogP contribution in [0.2, 0.25) is 5.02 Å². The molecular formula is C21H19ClF3N3O. The van der Waals surface area contributed by atoms with Gasteiger partial charge in [-0.15, -0.1) is 10.2 Å². The molecule has 0 amide bonds. The Morgan fingerprint density at radius 3 is 2.48 bits per heavy atom. The summed E-state index contributed by atoms with van der Waals surface area (Å²) in [7, 11) is 0. The van der Waals surface area contributed by atoms with Crippen LogP contribution in [0.25, 0.3) is 16.8 Å². The van der Waals surface area contributed by atoms with Gasteiger partial charge in [0.2, 0.25) is 0 Å². The number of ether oxygens (including phenoxy) is 1. The average Bonchev–Trinajstić information content (AvgIpc) is 3.59. The minimum absolute atomic E-state index is 0.0333. The highest BCUT2D eigenvalue weighted by Crippen LogP contribution is 2.42. The van der Waals surface area contributed by atoms with Crippen LogP contribution in [-0.2, 0) is 12.6 Å². The lowest BCUT2D eigenvalue weighted by Crippen LogP contribution is -2.11. The molecule has 0 saturated heterocycles. The number of rotatable bonds is 6. The molecule has 2 fully saturated rings. The number of hydrogen-bond donors (Lipinski definition) is 0. The fraction of sp³-hybridized carbons (Fsp3) is 0.429. The molecule has 0 radical (unpaired) electrons. The monoisotopic (exact) mass is 421 g/mol. The first-order valence-electron chi connectivity index (χ1n) is 9.76. The van der Waals surface area contributed by atoms with Gasteiger partial charge in [-0.05, 0) is 66.8 Å². The van der Waals surface area contributed by atoms with Gasteiger partial charge in [0, 0.05) is 12.6 Å². The number of aromatic nitrogens is 3. The van der Waals surface area contributed by atoms with Crippen molar-refractivity contribution in [2.45, 2.75) is 38.3 Å². The van der Waals surface area contributed by atoms with E-state index in [2.05, 4.69) is 10.2 Å². The summed E-state index contributed by atoms with van der Waals surface area (Å²) >= 11 is 6.30. The van der Waals surface area contributed by atoms with Crippen LogP contribution in [0.3, 0.4) is 0 Å². The van der Waals surface area contributed by atoms with Gasteiger partial charge in [0.1, 0.15) is 17.1 Å². The van der Waals surface area contributed by atoms with Gasteiger partial charge in [-0.2, -0.15) is 13.2 Å². The van der Waals surface area contributed by atoms with Crippen LogP contribution in [0.1, 0.15) is 37.1 Å². The highest BCUT2D eigenvalue weighted by molar-refractivity contribution is 6.32. The van der Waals surface area contributed by atoms with Crippen molar-refractivity contribution in [2.24, 2.45) is 11.8 Å². The molecular weight excluding hydrogens is 403 g/mol. The number of benzene rings is 1. The van der Waals surface area contributed by atoms with Gasteiger partial charge in [0.25, 0.3) is 0 Å². The second-order valence-electron chi connectivity index (χ2n) is 7.96. The van der Waals surface area contributed by atoms with Crippen molar-refractivity contribution in [1.29, 1.82) is 0 Å². The highest BCUT2D eigenvalue weighted by atomic mass is 35.5. The lowest BCUT2D eigenvalue weighted by atomic mass is 10.0. The number of hydrogen-bond acceptors (Lipinski definition) is 3. The third kappa shape index (κ3) is 3.80. The average molecular weight is 422 g/mol. The van der Waals surface area contributed by atoms with Crippen LogP contribution >= 0.6 is 11.6 Å². The maximum atomic E-state index is 14.0. The Morgan fingerprint density at radius 1 is 1.07 bits per heavy atom. The summed E-state index contributed by atoms with van der Waals surface area (Å²) in [4.78, 5) is 0. The molecule has 2 heterocycles. The van der Waals surface area contributed by atoms with Gasteiger partial charge >= 0.3 is 6.18 Å². The number of halogens is 4. The topological polar surface area (TPSA) is 39.4 Å². The molecule has 2 aliphatic carbocycles. The van der Waals surface area contributed by atoms with Crippen molar-refractivity contribution in [3.8, 4) is 16.9 Å². The van der Waals surface area contributed by atoms with Crippen molar-refractivity contribution in [1.82, 2.24) is 14.6 Å². The first-order valence-corrected chi connectivity index (χ1v) is 10.1. The summed E-state index contributed by atoms with van der Waals surface area (Å²) in [6.07, 6.45) is 2.16. The third-order valence-electron chi connectivity index (χ3n) is 5.52. The maximum Gasteiger partial charge on any atom is 0.420 e. The van der Waals surface area contributed by atoms with Crippen molar-refractivity contribution < 1.29 is 17.9 Å². The highest BCUT2D eigenvalue weighted by Gasteiger charge is 2.38. The van der Waals surface area contributed by atoms with E-state index >= 15 is 0 Å². The zero-order valence-corrected chi connectivity index (χ0v) is 16.3. The third-order valence-corrected chi connectivity index (χ3v) is 5.81. The second-order valence-corrected chi connectivity index (χ2v) is 8.37. The summed E-state index contributed by atoms with van der Waals surface area (Å²) in [5, 5.41) is 8.21. The van der Waals surface area contributed by atoms with Gasteiger partial charge in [-0.3, -0.25) is 4.40 Å². The lowest BCUT2D eigenvalue weighted by molar-refractivity contribution is -0.136. The lowest BCUT2D eigenvalue weighted by Gasteiger charge is -2.15. The molecule has 8 heteroatoms. The van der Waals surface area contributed by atoms with Crippen LogP contribution in [0.15, 0.2) is 30.5 Å². The molecule has 5 rings (SSSR count). The Labute approximate surface area is 170 Å². The van der Waals surface area contributed by atoms with Crippen molar-refractivity contribution >= 4 is 17.2 Å². The van der Waals surface area contributed by atoms with Crippen molar-refractivity contribution in [3.05, 3.63) is 46.9 Å². The fourth-order valence-corrected chi connectivity index (χ4v) is 3.76. The van der Waals surface area contributed by atoms with Crippen LogP contribution in [-0.4, -0.2) is 21.2 Å². The predicted octanol–water partition coefficient (Wildman–Crippen LogP) is 5.81. The van der Waals surface area contributed by atoms with E-state index in [1.165, 1.54) is 16.5 Å². The predicted molar refractivity (Wildman–Crippen MR) is 103 cm³/mol. The molecule has 0 N–H and O–H groups in total. The van der Waals surface area contributed by atoms with Crippen LogP contribution in [0.5, 0.6) is 5.75 Å². The van der Waals surface area contributed by atoms with Gasteiger partial charge in [0.15, 0.2) is 5.65 Å². The summed E-state index contributed by atoms with van der Waals surface area (Å²) in [6, 6.07) is 6.22. The van der Waals surface area contributed by atoms with Crippen LogP contribution in [0, 0.1) is 11.8 Å². The minimum atomic E-state index is -4.57. The molecule has 0 atom stereocenters. The molecule has 2 aromatic heterocycles. The number of nitrogens with zero attached hydrogens (tertiary/aromatic N) is 3. The molecule has 1 aromatic carbocycles. The Bertz CT molecular complexity index is 1070. The molecule has 29 heavy (non-hydrogen) atoms. The van der Waals surface area contributed by atoms with E-state index < -0.39 is 11.7 Å². The van der Waals surface area contributed by atoms with E-state index in [1.54, 1.807) is 18.3 Å². The zero-order chi connectivity index (χ0) is 20.2. The smallest absolute Gasteiger partial charge is 0.420 e. The number of pyridine rings is 1. The van der Waals surface area contributed by atoms with E-state index in [0.717, 1.165) is 25.7 Å². The quantitative estimate of drug-likeness (QED) is 0.504. The molecule has 2 aliphatic rings. The molecule has 0 bridgehead atoms. The Balaban J connectivity index is 1.55. The molecule has 4 nitrogen and oxygen atoms in total. The number of fused-ring (bicyclic) bond motifs is 1. The van der Waals surface area contributed by atoms with Gasteiger partial charge in [0.05, 0.1) is 11.6 Å². The zero-order valence-electron chi connectivity index (χ0n) is 15.5. The molecule has 152 valence electrons. The first kappa shape index (κ1) is 18.7. The number of alkyl halides is 3. The van der Waals surface area contributed by atoms with Gasteiger partial charge < -0.3 is 4.74 Å². The SMILES string of the molecule is FC(F)(F)c1c(-c2ccc(OCC3CC3)c(Cl)c2)ccn2c(CC3CC3)nnc12. The molecule has 0 spiro atoms. The molecule has 0 aliphatic heterocycles. The summed E-state index contributed by atoms with van der Waals surface area (Å²) < 4.78 is 49.2. The van der Waals surface area contributed by atoms with Gasteiger partial charge in [-0.1, -0.05) is 17.7 Å². The largest absolute Gasteiger partial charge is 0.492 e. The van der Waals surface area contributed by atoms with E-state index in [1.807, 2.05) is 0 Å². The first-order chi connectivity index (χ1) is 13.9. The van der Waals surface area contributed by atoms with E-state index in [4.69, 9.17) is 16.3 Å². The molecule has 3 aromatic rings. The summed E-state index contributed by atoms with van der Waals surface area (Å²) in [6.45, 7) is 0.586. The van der Waals surface area contributed by atoms with E-state index in [0.29, 0.717) is 47.0 Å². The minimum Gasteiger partial charge on any atom is -0.492 e. The van der Waals surface area contributed by atoms with Gasteiger partial charge in [-0.25, -0.2) is 0 Å². The van der Waals surface area contributed by atoms with Crippen molar-refractivity contribution in [3.63, 3.8) is 0 Å². The summed E-state index contributed by atoms with van der Waals surface area (Å²) in [5.74, 6) is 2.12. The van der Waals surface area contributed by atoms with Crippen LogP contribution in [0.4, 0.5) is 13.2 Å². The Hall–Kier alpha value is -2.28. The van der Waals surface area contributed by atoms with E-state index in [-0.39, 0.29) is 11.2 Å². The molecule has 0 unspecified atom stereocenters. The van der Waals surface area contributed by atoms with Crippen molar-refractivity contribution in [2.75, 3.05) is 6.61 Å². The fourth-order valence-electron chi connectivity index (χ4n) is 3.52. The second kappa shape index (κ2) is 6.90. The normalized spacial score (nSPS) is 17.1.